The summed E-state index contributed by atoms with van der Waals surface area (Å²) in [4.78, 5) is 36.9. The molecule has 0 bridgehead atoms. The molecule has 3 fully saturated rings. The number of nitrogens with zero attached hydrogens (tertiary/aromatic N) is 5. The van der Waals surface area contributed by atoms with Crippen molar-refractivity contribution in [1.82, 2.24) is 19.4 Å². The van der Waals surface area contributed by atoms with Crippen LogP contribution in [0.2, 0.25) is 5.02 Å². The second-order valence-electron chi connectivity index (χ2n) is 14.0. The average molecular weight is 706 g/mol. The fourth-order valence-corrected chi connectivity index (χ4v) is 8.33. The summed E-state index contributed by atoms with van der Waals surface area (Å²) in [6.07, 6.45) is -1.40. The van der Waals surface area contributed by atoms with Crippen molar-refractivity contribution in [2.24, 2.45) is 5.41 Å². The van der Waals surface area contributed by atoms with E-state index in [4.69, 9.17) is 16.3 Å². The molecule has 262 valence electrons. The minimum Gasteiger partial charge on any atom is -0.380 e. The second kappa shape index (κ2) is 12.3. The van der Waals surface area contributed by atoms with Crippen molar-refractivity contribution < 1.29 is 31.5 Å². The Morgan fingerprint density at radius 2 is 1.82 bits per heavy atom. The highest BCUT2D eigenvalue weighted by Gasteiger charge is 2.43. The maximum atomic E-state index is 15.5. The molecule has 3 aromatic rings. The summed E-state index contributed by atoms with van der Waals surface area (Å²) in [5, 5.41) is -0.413. The molecule has 0 radical (unpaired) electrons. The lowest BCUT2D eigenvalue weighted by molar-refractivity contribution is -0.140. The molecule has 3 atom stereocenters. The van der Waals surface area contributed by atoms with E-state index < -0.39 is 57.3 Å². The van der Waals surface area contributed by atoms with Gasteiger partial charge in [-0.3, -0.25) is 9.36 Å². The molecule has 2 aromatic carbocycles. The third kappa shape index (κ3) is 5.81. The second-order valence-corrected chi connectivity index (χ2v) is 14.4. The van der Waals surface area contributed by atoms with Gasteiger partial charge in [0.05, 0.1) is 35.4 Å². The molecule has 1 aromatic heterocycles. The Balaban J connectivity index is 1.43. The van der Waals surface area contributed by atoms with Crippen LogP contribution in [0.5, 0.6) is 0 Å². The van der Waals surface area contributed by atoms with Gasteiger partial charge in [0.15, 0.2) is 0 Å². The van der Waals surface area contributed by atoms with Gasteiger partial charge in [-0.25, -0.2) is 13.6 Å². The number of benzene rings is 2. The van der Waals surface area contributed by atoms with Crippen molar-refractivity contribution in [2.45, 2.75) is 63.8 Å². The predicted molar refractivity (Wildman–Crippen MR) is 176 cm³/mol. The first-order valence-electron chi connectivity index (χ1n) is 16.6. The minimum absolute atomic E-state index is 0.0720. The number of rotatable bonds is 5. The van der Waals surface area contributed by atoms with E-state index in [2.05, 4.69) is 16.5 Å². The van der Waals surface area contributed by atoms with Crippen LogP contribution in [0, 0.1) is 17.0 Å². The fraction of sp³-hybridized carbons (Fsp3) is 0.514. The zero-order chi connectivity index (χ0) is 35.0. The smallest absolute Gasteiger partial charge is 0.380 e. The van der Waals surface area contributed by atoms with Gasteiger partial charge < -0.3 is 19.4 Å². The van der Waals surface area contributed by atoms with Crippen LogP contribution < -0.4 is 10.6 Å². The molecule has 0 aliphatic carbocycles. The number of carbonyl (C=O) groups is 1. The van der Waals surface area contributed by atoms with Crippen molar-refractivity contribution in [3.8, 4) is 11.1 Å². The van der Waals surface area contributed by atoms with Gasteiger partial charge >= 0.3 is 11.9 Å². The number of alkyl halides is 3. The van der Waals surface area contributed by atoms with Crippen molar-refractivity contribution >= 4 is 34.2 Å². The highest BCUT2D eigenvalue weighted by Crippen LogP contribution is 2.48. The number of amides is 1. The molecular weight excluding hydrogens is 669 g/mol. The zero-order valence-electron chi connectivity index (χ0n) is 27.3. The summed E-state index contributed by atoms with van der Waals surface area (Å²) >= 11 is 6.01. The first-order valence-corrected chi connectivity index (χ1v) is 16.9. The van der Waals surface area contributed by atoms with Gasteiger partial charge in [-0.2, -0.15) is 18.2 Å². The molecule has 14 heteroatoms. The Morgan fingerprint density at radius 3 is 2.45 bits per heavy atom. The van der Waals surface area contributed by atoms with Gasteiger partial charge in [0.2, 0.25) is 5.91 Å². The number of halogens is 6. The van der Waals surface area contributed by atoms with E-state index in [9.17, 15) is 14.0 Å². The number of aromatic nitrogens is 2. The van der Waals surface area contributed by atoms with Crippen molar-refractivity contribution in [3.05, 3.63) is 69.1 Å². The minimum atomic E-state index is -4.95. The van der Waals surface area contributed by atoms with Gasteiger partial charge in [-0.05, 0) is 76.4 Å². The van der Waals surface area contributed by atoms with E-state index in [1.165, 1.54) is 10.6 Å². The van der Waals surface area contributed by atoms with Crippen LogP contribution in [0.3, 0.4) is 0 Å². The van der Waals surface area contributed by atoms with E-state index in [0.29, 0.717) is 19.0 Å². The largest absolute Gasteiger partial charge is 0.417 e. The molecule has 4 aliphatic rings. The van der Waals surface area contributed by atoms with Crippen LogP contribution in [0.4, 0.5) is 27.8 Å². The lowest BCUT2D eigenvalue weighted by Crippen LogP contribution is -2.58. The Labute approximate surface area is 285 Å². The molecular formula is C35H37ClF5N5O3. The van der Waals surface area contributed by atoms with Gasteiger partial charge in [-0.15, -0.1) is 0 Å². The highest BCUT2D eigenvalue weighted by atomic mass is 35.5. The van der Waals surface area contributed by atoms with Gasteiger partial charge in [-0.1, -0.05) is 18.2 Å². The molecule has 0 N–H and O–H groups in total. The third-order valence-corrected chi connectivity index (χ3v) is 11.2. The van der Waals surface area contributed by atoms with Crippen LogP contribution in [-0.4, -0.2) is 83.3 Å². The van der Waals surface area contributed by atoms with Crippen LogP contribution >= 0.6 is 11.6 Å². The standard InChI is InChI=1S/C35H37ClF5N5O3/c1-4-29(47)44-14-20(3)45(15-19(44)2)32-24-11-25(35(39,40)41)30(23-12-26(36)28(38)13-27(23)37)22-6-5-21(46(31(22)24)33(48)42-32)16-43-9-7-34(8-10-43)17-49-18-34/h4,11-13,19-21H,1,5-10,14-18H2,2-3H3/t19-,20+,21-/m1/s1. The molecule has 4 aliphatic heterocycles. The van der Waals surface area contributed by atoms with Crippen LogP contribution in [-0.2, 0) is 22.1 Å². The Bertz CT molecular complexity index is 1900. The number of anilines is 1. The fourth-order valence-electron chi connectivity index (χ4n) is 8.17. The van der Waals surface area contributed by atoms with E-state index in [-0.39, 0.29) is 59.2 Å². The number of ether oxygens (including phenoxy) is 1. The summed E-state index contributed by atoms with van der Waals surface area (Å²) in [6.45, 7) is 11.2. The van der Waals surface area contributed by atoms with E-state index in [1.807, 2.05) is 13.8 Å². The number of hydrogen-bond donors (Lipinski definition) is 0. The summed E-state index contributed by atoms with van der Waals surface area (Å²) in [5.74, 6) is -2.49. The molecule has 8 nitrogen and oxygen atoms in total. The number of likely N-dealkylation sites (tertiary alicyclic amines) is 1. The van der Waals surface area contributed by atoms with E-state index in [0.717, 1.165) is 51.3 Å². The first kappa shape index (κ1) is 33.9. The quantitative estimate of drug-likeness (QED) is 0.178. The van der Waals surface area contributed by atoms with E-state index in [1.54, 1.807) is 9.80 Å². The Kier molecular flexibility index (Phi) is 8.55. The molecule has 1 spiro atoms. The van der Waals surface area contributed by atoms with Crippen LogP contribution in [0.1, 0.15) is 50.3 Å². The van der Waals surface area contributed by atoms with Crippen LogP contribution in [0.25, 0.3) is 22.0 Å². The van der Waals surface area contributed by atoms with Gasteiger partial charge in [0.1, 0.15) is 17.5 Å². The Hall–Kier alpha value is -3.55. The summed E-state index contributed by atoms with van der Waals surface area (Å²) in [7, 11) is 0. The SMILES string of the molecule is C=CC(=O)N1C[C@H](C)N(c2nc(=O)n3c4c(c(-c5cc(Cl)c(F)cc5F)c(C(F)(F)F)cc24)CC[C@@H]3CN2CCC3(CC2)COC3)C[C@H]1C. The predicted octanol–water partition coefficient (Wildman–Crippen LogP) is 6.23. The third-order valence-electron chi connectivity index (χ3n) is 10.9. The van der Waals surface area contributed by atoms with Crippen LogP contribution in [0.15, 0.2) is 35.6 Å². The summed E-state index contributed by atoms with van der Waals surface area (Å²) < 4.78 is 81.8. The summed E-state index contributed by atoms with van der Waals surface area (Å²) in [5.41, 5.74) is -2.13. The molecule has 1 amide bonds. The molecule has 0 saturated carbocycles. The van der Waals surface area contributed by atoms with Crippen molar-refractivity contribution in [3.63, 3.8) is 0 Å². The average Bonchev–Trinajstić information content (AvgIpc) is 3.04. The number of aryl methyl sites for hydroxylation is 1. The molecule has 3 saturated heterocycles. The van der Waals surface area contributed by atoms with Gasteiger partial charge in [0.25, 0.3) is 0 Å². The molecule has 0 unspecified atom stereocenters. The monoisotopic (exact) mass is 705 g/mol. The first-order chi connectivity index (χ1) is 23.2. The van der Waals surface area contributed by atoms with Crippen molar-refractivity contribution in [2.75, 3.05) is 50.8 Å². The molecule has 49 heavy (non-hydrogen) atoms. The number of hydrogen-bond acceptors (Lipinski definition) is 6. The zero-order valence-corrected chi connectivity index (χ0v) is 28.0. The lowest BCUT2D eigenvalue weighted by atomic mass is 9.76. The Morgan fingerprint density at radius 1 is 1.10 bits per heavy atom. The normalized spacial score (nSPS) is 24.0. The lowest BCUT2D eigenvalue weighted by Gasteiger charge is -2.48. The number of piperazine rings is 1. The number of piperidine rings is 1. The maximum Gasteiger partial charge on any atom is 0.417 e. The topological polar surface area (TPSA) is 70.9 Å². The highest BCUT2D eigenvalue weighted by molar-refractivity contribution is 6.31. The van der Waals surface area contributed by atoms with Gasteiger partial charge in [0, 0.05) is 59.7 Å². The molecule has 7 rings (SSSR count). The maximum absolute atomic E-state index is 15.5. The van der Waals surface area contributed by atoms with Crippen molar-refractivity contribution in [1.29, 1.82) is 0 Å². The summed E-state index contributed by atoms with van der Waals surface area (Å²) in [6, 6.07) is 1.12. The number of carbonyl (C=O) groups excluding carboxylic acids is 1. The van der Waals surface area contributed by atoms with E-state index >= 15 is 17.6 Å². The molecule has 5 heterocycles.